The number of aromatic nitrogens is 2. The van der Waals surface area contributed by atoms with Crippen LogP contribution in [0.1, 0.15) is 31.6 Å². The van der Waals surface area contributed by atoms with Gasteiger partial charge in [0.25, 0.3) is 5.19 Å². The first kappa shape index (κ1) is 18.3. The van der Waals surface area contributed by atoms with E-state index in [4.69, 9.17) is 19.7 Å². The molecule has 1 unspecified atom stereocenters. The summed E-state index contributed by atoms with van der Waals surface area (Å²) in [6.45, 7) is 2.54. The average molecular weight is 400 g/mol. The maximum atomic E-state index is 10.9. The summed E-state index contributed by atoms with van der Waals surface area (Å²) in [7, 11) is 0. The molecule has 0 saturated heterocycles. The molecular weight excluding hydrogens is 380 g/mol. The predicted octanol–water partition coefficient (Wildman–Crippen LogP) is 4.11. The lowest BCUT2D eigenvalue weighted by Crippen LogP contribution is -2.31. The molecule has 1 atom stereocenters. The molecule has 1 aliphatic carbocycles. The lowest BCUT2D eigenvalue weighted by molar-refractivity contribution is 0.243. The van der Waals surface area contributed by atoms with Crippen LogP contribution in [0.25, 0.3) is 10.6 Å². The number of nitrogens with two attached hydrogens (primary N) is 1. The standard InChI is InChI=1S/C19H20N4O4S/c1-11(22-18(20)24)16-8-15(23-27-16)17-9-21-19(28-17)26-14-6-4-13(5-7-14)25-10-12-2-3-12/h4-9,11-12H,2-3,10H2,1H3,(H3,20,22,24). The number of nitrogens with zero attached hydrogens (tertiary/aromatic N) is 2. The van der Waals surface area contributed by atoms with Crippen molar-refractivity contribution in [1.82, 2.24) is 15.5 Å². The van der Waals surface area contributed by atoms with Gasteiger partial charge in [0.1, 0.15) is 17.2 Å². The van der Waals surface area contributed by atoms with E-state index in [1.54, 1.807) is 19.2 Å². The Kier molecular flexibility index (Phi) is 5.16. The Balaban J connectivity index is 1.37. The van der Waals surface area contributed by atoms with Crippen molar-refractivity contribution in [2.45, 2.75) is 25.8 Å². The summed E-state index contributed by atoms with van der Waals surface area (Å²) < 4.78 is 16.8. The predicted molar refractivity (Wildman–Crippen MR) is 103 cm³/mol. The molecule has 8 nitrogen and oxygen atoms in total. The molecule has 4 rings (SSSR count). The van der Waals surface area contributed by atoms with E-state index >= 15 is 0 Å². The van der Waals surface area contributed by atoms with E-state index in [9.17, 15) is 4.79 Å². The summed E-state index contributed by atoms with van der Waals surface area (Å²) in [5.74, 6) is 2.75. The summed E-state index contributed by atoms with van der Waals surface area (Å²) in [5, 5.41) is 7.06. The number of hydrogen-bond acceptors (Lipinski definition) is 7. The lowest BCUT2D eigenvalue weighted by atomic mass is 10.2. The summed E-state index contributed by atoms with van der Waals surface area (Å²) >= 11 is 1.35. The van der Waals surface area contributed by atoms with Crippen molar-refractivity contribution in [2.75, 3.05) is 6.61 Å². The molecule has 9 heteroatoms. The Morgan fingerprint density at radius 2 is 2.11 bits per heavy atom. The van der Waals surface area contributed by atoms with Crippen LogP contribution in [0.5, 0.6) is 16.7 Å². The molecule has 2 aromatic heterocycles. The second kappa shape index (κ2) is 7.89. The summed E-state index contributed by atoms with van der Waals surface area (Å²) in [5.41, 5.74) is 5.74. The van der Waals surface area contributed by atoms with Crippen molar-refractivity contribution in [2.24, 2.45) is 11.7 Å². The van der Waals surface area contributed by atoms with E-state index in [2.05, 4.69) is 15.5 Å². The lowest BCUT2D eigenvalue weighted by Gasteiger charge is -2.06. The Bertz CT molecular complexity index is 949. The topological polar surface area (TPSA) is 112 Å². The van der Waals surface area contributed by atoms with Crippen LogP contribution in [-0.2, 0) is 0 Å². The highest BCUT2D eigenvalue weighted by Gasteiger charge is 2.22. The molecule has 28 heavy (non-hydrogen) atoms. The number of amides is 2. The number of rotatable bonds is 8. The zero-order chi connectivity index (χ0) is 19.5. The van der Waals surface area contributed by atoms with Crippen LogP contribution in [0.3, 0.4) is 0 Å². The molecule has 3 aromatic rings. The molecule has 1 fully saturated rings. The van der Waals surface area contributed by atoms with Crippen LogP contribution in [0.15, 0.2) is 41.1 Å². The van der Waals surface area contributed by atoms with Gasteiger partial charge in [-0.15, -0.1) is 0 Å². The Hall–Kier alpha value is -3.07. The largest absolute Gasteiger partial charge is 0.493 e. The van der Waals surface area contributed by atoms with E-state index in [0.717, 1.165) is 23.2 Å². The molecule has 3 N–H and O–H groups in total. The van der Waals surface area contributed by atoms with Crippen LogP contribution in [0.4, 0.5) is 4.79 Å². The van der Waals surface area contributed by atoms with Crippen LogP contribution < -0.4 is 20.5 Å². The minimum atomic E-state index is -0.622. The van der Waals surface area contributed by atoms with Gasteiger partial charge in [0.05, 0.1) is 23.7 Å². The summed E-state index contributed by atoms with van der Waals surface area (Å²) in [6.07, 6.45) is 4.20. The fourth-order valence-electron chi connectivity index (χ4n) is 2.52. The van der Waals surface area contributed by atoms with Gasteiger partial charge < -0.3 is 25.0 Å². The Morgan fingerprint density at radius 1 is 1.36 bits per heavy atom. The number of carbonyl (C=O) groups is 1. The van der Waals surface area contributed by atoms with Crippen LogP contribution in [-0.4, -0.2) is 22.8 Å². The highest BCUT2D eigenvalue weighted by atomic mass is 32.1. The first-order valence-corrected chi connectivity index (χ1v) is 9.78. The van der Waals surface area contributed by atoms with Crippen molar-refractivity contribution in [3.63, 3.8) is 0 Å². The number of benzene rings is 1. The van der Waals surface area contributed by atoms with E-state index < -0.39 is 6.03 Å². The van der Waals surface area contributed by atoms with Gasteiger partial charge in [0.2, 0.25) is 0 Å². The maximum absolute atomic E-state index is 10.9. The highest BCUT2D eigenvalue weighted by Crippen LogP contribution is 2.34. The van der Waals surface area contributed by atoms with Gasteiger partial charge in [-0.05, 0) is 49.9 Å². The van der Waals surface area contributed by atoms with E-state index in [1.807, 2.05) is 24.3 Å². The summed E-state index contributed by atoms with van der Waals surface area (Å²) in [6, 6.07) is 8.24. The third-order valence-electron chi connectivity index (χ3n) is 4.26. The van der Waals surface area contributed by atoms with Gasteiger partial charge in [-0.25, -0.2) is 9.78 Å². The number of nitrogens with one attached hydrogen (secondary N) is 1. The first-order valence-electron chi connectivity index (χ1n) is 8.96. The van der Waals surface area contributed by atoms with Gasteiger partial charge in [-0.1, -0.05) is 16.5 Å². The van der Waals surface area contributed by atoms with Crippen LogP contribution in [0.2, 0.25) is 0 Å². The van der Waals surface area contributed by atoms with Crippen molar-refractivity contribution in [3.8, 4) is 27.3 Å². The van der Waals surface area contributed by atoms with Gasteiger partial charge in [-0.2, -0.15) is 0 Å². The smallest absolute Gasteiger partial charge is 0.312 e. The van der Waals surface area contributed by atoms with Gasteiger partial charge in [-0.3, -0.25) is 0 Å². The normalized spacial score (nSPS) is 14.5. The zero-order valence-electron chi connectivity index (χ0n) is 15.3. The SMILES string of the molecule is CC(NC(N)=O)c1cc(-c2cnc(Oc3ccc(OCC4CC4)cc3)s2)no1. The van der Waals surface area contributed by atoms with Crippen LogP contribution in [0, 0.1) is 5.92 Å². The second-order valence-electron chi connectivity index (χ2n) is 6.66. The minimum Gasteiger partial charge on any atom is -0.493 e. The number of ether oxygens (including phenoxy) is 2. The fourth-order valence-corrected chi connectivity index (χ4v) is 3.26. The molecule has 0 radical (unpaired) electrons. The van der Waals surface area contributed by atoms with Gasteiger partial charge >= 0.3 is 6.03 Å². The number of hydrogen-bond donors (Lipinski definition) is 2. The van der Waals surface area contributed by atoms with E-state index in [0.29, 0.717) is 22.4 Å². The van der Waals surface area contributed by atoms with Gasteiger partial charge in [0, 0.05) is 6.07 Å². The molecule has 2 heterocycles. The molecule has 1 saturated carbocycles. The zero-order valence-corrected chi connectivity index (χ0v) is 16.1. The van der Waals surface area contributed by atoms with Crippen molar-refractivity contribution in [3.05, 3.63) is 42.3 Å². The van der Waals surface area contributed by atoms with Crippen molar-refractivity contribution >= 4 is 17.4 Å². The molecule has 1 aromatic carbocycles. The molecular formula is C19H20N4O4S. The third-order valence-corrected chi connectivity index (χ3v) is 5.16. The maximum Gasteiger partial charge on any atom is 0.312 e. The van der Waals surface area contributed by atoms with Gasteiger partial charge in [0.15, 0.2) is 5.76 Å². The first-order chi connectivity index (χ1) is 13.6. The minimum absolute atomic E-state index is 0.372. The van der Waals surface area contributed by atoms with E-state index in [1.165, 1.54) is 24.2 Å². The monoisotopic (exact) mass is 400 g/mol. The molecule has 0 spiro atoms. The van der Waals surface area contributed by atoms with E-state index in [-0.39, 0.29) is 6.04 Å². The number of primary amides is 1. The second-order valence-corrected chi connectivity index (χ2v) is 7.66. The Labute approximate surface area is 165 Å². The fraction of sp³-hybridized carbons (Fsp3) is 0.316. The average Bonchev–Trinajstić information content (AvgIpc) is 3.16. The van der Waals surface area contributed by atoms with Crippen molar-refractivity contribution < 1.29 is 18.8 Å². The Morgan fingerprint density at radius 3 is 2.82 bits per heavy atom. The molecule has 1 aliphatic rings. The molecule has 2 amide bonds. The highest BCUT2D eigenvalue weighted by molar-refractivity contribution is 7.16. The quantitative estimate of drug-likeness (QED) is 0.588. The number of carbonyl (C=O) groups excluding carboxylic acids is 1. The molecule has 0 aliphatic heterocycles. The molecule has 146 valence electrons. The van der Waals surface area contributed by atoms with Crippen molar-refractivity contribution in [1.29, 1.82) is 0 Å². The summed E-state index contributed by atoms with van der Waals surface area (Å²) in [4.78, 5) is 16.0. The third kappa shape index (κ3) is 4.61. The van der Waals surface area contributed by atoms with Crippen LogP contribution >= 0.6 is 11.3 Å². The number of urea groups is 1. The molecule has 0 bridgehead atoms. The number of thiazole rings is 1.